The molecule has 6 nitrogen and oxygen atoms in total. The first kappa shape index (κ1) is 20.1. The van der Waals surface area contributed by atoms with E-state index >= 15 is 0 Å². The van der Waals surface area contributed by atoms with Crippen molar-refractivity contribution in [2.24, 2.45) is 4.99 Å². The molecule has 0 radical (unpaired) electrons. The molecule has 0 amide bonds. The maximum absolute atomic E-state index is 10.6. The van der Waals surface area contributed by atoms with Crippen LogP contribution in [-0.4, -0.2) is 57.6 Å². The number of hydrogen-bond donors (Lipinski definition) is 3. The summed E-state index contributed by atoms with van der Waals surface area (Å²) < 4.78 is 7.70. The van der Waals surface area contributed by atoms with Crippen LogP contribution in [0.15, 0.2) is 59.7 Å². The van der Waals surface area contributed by atoms with Gasteiger partial charge in [-0.15, -0.1) is 0 Å². The summed E-state index contributed by atoms with van der Waals surface area (Å²) in [5.74, 6) is 0. The lowest BCUT2D eigenvalue weighted by atomic mass is 9.98. The van der Waals surface area contributed by atoms with Crippen LogP contribution >= 0.6 is 11.6 Å². The molecule has 0 aliphatic carbocycles. The minimum atomic E-state index is -1.37. The SMILES string of the molecule is CN=C[C@H]1O[C@@H](n2cc(Cc3ccccc3)c3c(Cl)cccc32)[C@H](O)[C@@H](O)[C@@H]1O. The van der Waals surface area contributed by atoms with E-state index in [1.807, 2.05) is 54.7 Å². The summed E-state index contributed by atoms with van der Waals surface area (Å²) in [6.45, 7) is 0. The maximum atomic E-state index is 10.6. The maximum Gasteiger partial charge on any atom is 0.163 e. The molecule has 0 spiro atoms. The minimum Gasteiger partial charge on any atom is -0.387 e. The molecule has 1 aliphatic heterocycles. The number of ether oxygens (including phenoxy) is 1. The normalized spacial score (nSPS) is 27.7. The van der Waals surface area contributed by atoms with Gasteiger partial charge in [-0.25, -0.2) is 0 Å². The summed E-state index contributed by atoms with van der Waals surface area (Å²) in [7, 11) is 1.56. The van der Waals surface area contributed by atoms with Gasteiger partial charge in [-0.05, 0) is 29.7 Å². The molecule has 1 aliphatic rings. The van der Waals surface area contributed by atoms with E-state index in [2.05, 4.69) is 4.99 Å². The Labute approximate surface area is 173 Å². The van der Waals surface area contributed by atoms with Crippen LogP contribution in [0.25, 0.3) is 10.9 Å². The van der Waals surface area contributed by atoms with Crippen molar-refractivity contribution >= 4 is 28.7 Å². The zero-order valence-corrected chi connectivity index (χ0v) is 16.6. The third-order valence-corrected chi connectivity index (χ3v) is 5.63. The fourth-order valence-electron chi connectivity index (χ4n) is 3.90. The number of halogens is 1. The Hall–Kier alpha value is -2.22. The second-order valence-corrected chi connectivity index (χ2v) is 7.64. The zero-order valence-electron chi connectivity index (χ0n) is 15.9. The molecule has 7 heteroatoms. The molecule has 4 rings (SSSR count). The van der Waals surface area contributed by atoms with Crippen molar-refractivity contribution in [3.8, 4) is 0 Å². The van der Waals surface area contributed by atoms with Crippen LogP contribution in [0.2, 0.25) is 5.02 Å². The van der Waals surface area contributed by atoms with Gasteiger partial charge in [0.05, 0.1) is 10.5 Å². The highest BCUT2D eigenvalue weighted by molar-refractivity contribution is 6.35. The van der Waals surface area contributed by atoms with Crippen molar-refractivity contribution in [1.82, 2.24) is 4.57 Å². The number of aliphatic imine (C=N–C) groups is 1. The highest BCUT2D eigenvalue weighted by Gasteiger charge is 2.44. The van der Waals surface area contributed by atoms with Gasteiger partial charge < -0.3 is 24.6 Å². The summed E-state index contributed by atoms with van der Waals surface area (Å²) in [5, 5.41) is 32.7. The van der Waals surface area contributed by atoms with Crippen LogP contribution < -0.4 is 0 Å². The van der Waals surface area contributed by atoms with Crippen molar-refractivity contribution in [2.45, 2.75) is 37.1 Å². The molecule has 5 atom stereocenters. The topological polar surface area (TPSA) is 87.2 Å². The Kier molecular flexibility index (Phi) is 5.72. The van der Waals surface area contributed by atoms with E-state index in [1.54, 1.807) is 11.6 Å². The molecule has 3 N–H and O–H groups in total. The molecule has 2 aromatic carbocycles. The summed E-state index contributed by atoms with van der Waals surface area (Å²) >= 11 is 6.52. The monoisotopic (exact) mass is 414 g/mol. The third-order valence-electron chi connectivity index (χ3n) is 5.32. The molecule has 0 saturated carbocycles. The van der Waals surface area contributed by atoms with Gasteiger partial charge in [0.1, 0.15) is 24.4 Å². The van der Waals surface area contributed by atoms with E-state index in [9.17, 15) is 15.3 Å². The van der Waals surface area contributed by atoms with Crippen LogP contribution in [0.3, 0.4) is 0 Å². The van der Waals surface area contributed by atoms with E-state index in [0.717, 1.165) is 22.0 Å². The highest BCUT2D eigenvalue weighted by atomic mass is 35.5. The van der Waals surface area contributed by atoms with Gasteiger partial charge >= 0.3 is 0 Å². The molecular formula is C22H23ClN2O4. The second-order valence-electron chi connectivity index (χ2n) is 7.23. The Balaban J connectivity index is 1.80. The molecule has 29 heavy (non-hydrogen) atoms. The Morgan fingerprint density at radius 2 is 1.79 bits per heavy atom. The fourth-order valence-corrected chi connectivity index (χ4v) is 4.19. The molecule has 1 saturated heterocycles. The molecule has 1 aromatic heterocycles. The predicted octanol–water partition coefficient (Wildman–Crippen LogP) is 2.57. The second kappa shape index (κ2) is 8.26. The Morgan fingerprint density at radius 3 is 2.52 bits per heavy atom. The minimum absolute atomic E-state index is 0.602. The van der Waals surface area contributed by atoms with Crippen molar-refractivity contribution in [3.05, 3.63) is 70.9 Å². The van der Waals surface area contributed by atoms with E-state index in [4.69, 9.17) is 16.3 Å². The number of aromatic nitrogens is 1. The van der Waals surface area contributed by atoms with E-state index in [1.165, 1.54) is 6.21 Å². The first-order valence-electron chi connectivity index (χ1n) is 9.45. The lowest BCUT2D eigenvalue weighted by molar-refractivity contribution is -0.225. The van der Waals surface area contributed by atoms with E-state index in [0.29, 0.717) is 11.4 Å². The Bertz CT molecular complexity index is 1020. The quantitative estimate of drug-likeness (QED) is 0.572. The van der Waals surface area contributed by atoms with Gasteiger partial charge in [0.15, 0.2) is 6.23 Å². The first-order valence-corrected chi connectivity index (χ1v) is 9.83. The van der Waals surface area contributed by atoms with Crippen molar-refractivity contribution in [1.29, 1.82) is 0 Å². The molecule has 1 fully saturated rings. The van der Waals surface area contributed by atoms with Gasteiger partial charge in [-0.2, -0.15) is 0 Å². The predicted molar refractivity (Wildman–Crippen MR) is 113 cm³/mol. The standard InChI is InChI=1S/C22H23ClN2O4/c1-24-11-17-19(26)20(27)21(28)22(29-17)25-12-14(10-13-6-3-2-4-7-13)18-15(23)8-5-9-16(18)25/h2-9,11-12,17,19-22,26-28H,10H2,1H3/t17-,19-,20+,21-,22-/m1/s1. The first-order chi connectivity index (χ1) is 14.0. The summed E-state index contributed by atoms with van der Waals surface area (Å²) in [5.41, 5.74) is 2.89. The smallest absolute Gasteiger partial charge is 0.163 e. The van der Waals surface area contributed by atoms with Gasteiger partial charge in [0, 0.05) is 24.8 Å². The lowest BCUT2D eigenvalue weighted by Crippen LogP contribution is -2.55. The molecule has 0 unspecified atom stereocenters. The lowest BCUT2D eigenvalue weighted by Gasteiger charge is -2.40. The Morgan fingerprint density at radius 1 is 1.03 bits per heavy atom. The number of benzene rings is 2. The van der Waals surface area contributed by atoms with Crippen LogP contribution in [-0.2, 0) is 11.2 Å². The largest absolute Gasteiger partial charge is 0.387 e. The third kappa shape index (κ3) is 3.70. The number of nitrogens with zero attached hydrogens (tertiary/aromatic N) is 2. The van der Waals surface area contributed by atoms with Crippen LogP contribution in [0.4, 0.5) is 0 Å². The number of rotatable bonds is 4. The molecule has 0 bridgehead atoms. The zero-order chi connectivity index (χ0) is 20.5. The molecular weight excluding hydrogens is 392 g/mol. The summed E-state index contributed by atoms with van der Waals surface area (Å²) in [4.78, 5) is 3.90. The molecule has 152 valence electrons. The number of hydrogen-bond acceptors (Lipinski definition) is 5. The number of aliphatic hydroxyl groups excluding tert-OH is 3. The van der Waals surface area contributed by atoms with E-state index < -0.39 is 30.6 Å². The van der Waals surface area contributed by atoms with Gasteiger partial charge in [-0.1, -0.05) is 48.0 Å². The highest BCUT2D eigenvalue weighted by Crippen LogP contribution is 2.36. The van der Waals surface area contributed by atoms with Crippen molar-refractivity contribution in [2.75, 3.05) is 7.05 Å². The van der Waals surface area contributed by atoms with E-state index in [-0.39, 0.29) is 0 Å². The van der Waals surface area contributed by atoms with Gasteiger partial charge in [0.25, 0.3) is 0 Å². The fraction of sp³-hybridized carbons (Fsp3) is 0.318. The van der Waals surface area contributed by atoms with Crippen LogP contribution in [0.1, 0.15) is 17.4 Å². The molecule has 3 aromatic rings. The van der Waals surface area contributed by atoms with Gasteiger partial charge in [0.2, 0.25) is 0 Å². The van der Waals surface area contributed by atoms with Gasteiger partial charge in [-0.3, -0.25) is 4.99 Å². The van der Waals surface area contributed by atoms with Crippen molar-refractivity contribution < 1.29 is 20.1 Å². The summed E-state index contributed by atoms with van der Waals surface area (Å²) in [6.07, 6.45) is -1.71. The average Bonchev–Trinajstić information content (AvgIpc) is 3.09. The average molecular weight is 415 g/mol. The molecule has 2 heterocycles. The summed E-state index contributed by atoms with van der Waals surface area (Å²) in [6, 6.07) is 15.6. The number of fused-ring (bicyclic) bond motifs is 1. The van der Waals surface area contributed by atoms with Crippen molar-refractivity contribution in [3.63, 3.8) is 0 Å². The van der Waals surface area contributed by atoms with Crippen LogP contribution in [0, 0.1) is 0 Å². The number of aliphatic hydroxyl groups is 3. The van der Waals surface area contributed by atoms with Crippen LogP contribution in [0.5, 0.6) is 0 Å².